The number of benzene rings is 1. The van der Waals surface area contributed by atoms with Crippen LogP contribution in [0, 0.1) is 5.92 Å². The standard InChI is InChI=1S/C18H20N2O/c1-4-20(3)17-12(2)16(19-11-13-9-10-13)14-7-5-6-8-15(14)18(17)21/h4-8,13H,1,9-11H2,2-3H3/b19-16+. The van der Waals surface area contributed by atoms with Crippen LogP contribution in [0.3, 0.4) is 0 Å². The van der Waals surface area contributed by atoms with E-state index in [0.717, 1.165) is 34.9 Å². The molecule has 0 amide bonds. The molecule has 0 heterocycles. The molecule has 3 rings (SSSR count). The smallest absolute Gasteiger partial charge is 0.210 e. The van der Waals surface area contributed by atoms with Crippen molar-refractivity contribution in [3.63, 3.8) is 0 Å². The monoisotopic (exact) mass is 280 g/mol. The van der Waals surface area contributed by atoms with Crippen LogP contribution in [0.25, 0.3) is 0 Å². The van der Waals surface area contributed by atoms with Gasteiger partial charge >= 0.3 is 0 Å². The van der Waals surface area contributed by atoms with Gasteiger partial charge in [0, 0.05) is 30.3 Å². The van der Waals surface area contributed by atoms with Crippen molar-refractivity contribution in [2.24, 2.45) is 10.9 Å². The van der Waals surface area contributed by atoms with E-state index < -0.39 is 0 Å². The predicted molar refractivity (Wildman–Crippen MR) is 85.6 cm³/mol. The van der Waals surface area contributed by atoms with Gasteiger partial charge in [-0.25, -0.2) is 0 Å². The number of hydrogen-bond donors (Lipinski definition) is 0. The Hall–Kier alpha value is -2.16. The van der Waals surface area contributed by atoms with E-state index in [4.69, 9.17) is 4.99 Å². The summed E-state index contributed by atoms with van der Waals surface area (Å²) in [5, 5.41) is 0. The Morgan fingerprint density at radius 3 is 2.62 bits per heavy atom. The van der Waals surface area contributed by atoms with Gasteiger partial charge in [0.2, 0.25) is 5.78 Å². The summed E-state index contributed by atoms with van der Waals surface area (Å²) >= 11 is 0. The van der Waals surface area contributed by atoms with E-state index in [-0.39, 0.29) is 5.78 Å². The van der Waals surface area contributed by atoms with Crippen LogP contribution in [0.2, 0.25) is 0 Å². The second-order valence-corrected chi connectivity index (χ2v) is 5.77. The molecule has 1 saturated carbocycles. The maximum atomic E-state index is 12.7. The van der Waals surface area contributed by atoms with Crippen molar-refractivity contribution in [1.82, 2.24) is 4.90 Å². The minimum absolute atomic E-state index is 0.0517. The van der Waals surface area contributed by atoms with Crippen LogP contribution in [0.1, 0.15) is 35.7 Å². The van der Waals surface area contributed by atoms with Crippen molar-refractivity contribution in [2.45, 2.75) is 19.8 Å². The fraction of sp³-hybridized carbons (Fsp3) is 0.333. The van der Waals surface area contributed by atoms with Crippen molar-refractivity contribution in [1.29, 1.82) is 0 Å². The van der Waals surface area contributed by atoms with Crippen molar-refractivity contribution < 1.29 is 4.79 Å². The van der Waals surface area contributed by atoms with Crippen LogP contribution in [-0.2, 0) is 0 Å². The fourth-order valence-electron chi connectivity index (χ4n) is 2.74. The molecule has 0 unspecified atom stereocenters. The second-order valence-electron chi connectivity index (χ2n) is 5.77. The molecule has 1 aromatic carbocycles. The summed E-state index contributed by atoms with van der Waals surface area (Å²) in [5.74, 6) is 0.784. The Morgan fingerprint density at radius 1 is 1.33 bits per heavy atom. The number of hydrogen-bond acceptors (Lipinski definition) is 3. The minimum Gasteiger partial charge on any atom is -0.348 e. The first-order chi connectivity index (χ1) is 10.1. The number of likely N-dealkylation sites (N-methyl/N-ethyl adjacent to an activating group) is 1. The lowest BCUT2D eigenvalue weighted by atomic mass is 9.86. The van der Waals surface area contributed by atoms with Crippen LogP contribution in [0.4, 0.5) is 0 Å². The molecule has 3 nitrogen and oxygen atoms in total. The van der Waals surface area contributed by atoms with Crippen LogP contribution >= 0.6 is 0 Å². The zero-order valence-electron chi connectivity index (χ0n) is 12.6. The van der Waals surface area contributed by atoms with Gasteiger partial charge in [0.05, 0.1) is 11.4 Å². The maximum Gasteiger partial charge on any atom is 0.210 e. The van der Waals surface area contributed by atoms with E-state index in [0.29, 0.717) is 5.70 Å². The molecule has 3 heteroatoms. The normalized spacial score (nSPS) is 19.7. The van der Waals surface area contributed by atoms with E-state index in [9.17, 15) is 4.79 Å². The third-order valence-corrected chi connectivity index (χ3v) is 4.18. The van der Waals surface area contributed by atoms with Gasteiger partial charge < -0.3 is 4.90 Å². The van der Waals surface area contributed by atoms with Crippen molar-refractivity contribution in [2.75, 3.05) is 13.6 Å². The first kappa shape index (κ1) is 13.8. The van der Waals surface area contributed by atoms with Gasteiger partial charge in [-0.2, -0.15) is 0 Å². The Bertz CT molecular complexity index is 666. The van der Waals surface area contributed by atoms with Gasteiger partial charge in [-0.3, -0.25) is 9.79 Å². The molecule has 2 aliphatic carbocycles. The SMILES string of the molecule is C=CN(C)C1=C(C)/C(=N\CC2CC2)c2ccccc2C1=O. The number of allylic oxidation sites excluding steroid dienone is 2. The molecule has 0 spiro atoms. The van der Waals surface area contributed by atoms with Crippen LogP contribution in [-0.4, -0.2) is 30.0 Å². The number of ketones is 1. The number of carbonyl (C=O) groups excluding carboxylic acids is 1. The van der Waals surface area contributed by atoms with E-state index in [1.54, 1.807) is 11.1 Å². The molecule has 0 bridgehead atoms. The molecule has 0 atom stereocenters. The average Bonchev–Trinajstić information content (AvgIpc) is 3.31. The quantitative estimate of drug-likeness (QED) is 0.846. The molecule has 108 valence electrons. The average molecular weight is 280 g/mol. The number of Topliss-reactive ketones (excluding diaryl/α,β-unsaturated/α-hetero) is 1. The highest BCUT2D eigenvalue weighted by atomic mass is 16.1. The van der Waals surface area contributed by atoms with Gasteiger partial charge in [0.25, 0.3) is 0 Å². The van der Waals surface area contributed by atoms with Gasteiger partial charge in [0.1, 0.15) is 0 Å². The summed E-state index contributed by atoms with van der Waals surface area (Å²) in [4.78, 5) is 19.3. The van der Waals surface area contributed by atoms with Crippen molar-refractivity contribution in [3.05, 3.63) is 59.4 Å². The maximum absolute atomic E-state index is 12.7. The Morgan fingerprint density at radius 2 is 2.00 bits per heavy atom. The first-order valence-electron chi connectivity index (χ1n) is 7.38. The topological polar surface area (TPSA) is 32.7 Å². The Balaban J connectivity index is 2.13. The molecule has 0 N–H and O–H groups in total. The summed E-state index contributed by atoms with van der Waals surface area (Å²) in [6.45, 7) is 6.61. The first-order valence-corrected chi connectivity index (χ1v) is 7.38. The number of carbonyl (C=O) groups is 1. The second kappa shape index (κ2) is 5.32. The van der Waals surface area contributed by atoms with Crippen LogP contribution in [0.15, 0.2) is 53.3 Å². The molecular weight excluding hydrogens is 260 g/mol. The molecule has 0 saturated heterocycles. The lowest BCUT2D eigenvalue weighted by Gasteiger charge is -2.26. The van der Waals surface area contributed by atoms with E-state index in [1.807, 2.05) is 38.2 Å². The van der Waals surface area contributed by atoms with Crippen LogP contribution < -0.4 is 0 Å². The summed E-state index contributed by atoms with van der Waals surface area (Å²) in [6.07, 6.45) is 4.22. The van der Waals surface area contributed by atoms with Crippen molar-refractivity contribution in [3.8, 4) is 0 Å². The van der Waals surface area contributed by atoms with E-state index in [1.165, 1.54) is 12.8 Å². The molecular formula is C18H20N2O. The lowest BCUT2D eigenvalue weighted by Crippen LogP contribution is -2.29. The Kier molecular flexibility index (Phi) is 3.50. The van der Waals surface area contributed by atoms with E-state index in [2.05, 4.69) is 6.58 Å². The molecule has 1 fully saturated rings. The number of fused-ring (bicyclic) bond motifs is 1. The third-order valence-electron chi connectivity index (χ3n) is 4.18. The summed E-state index contributed by atoms with van der Waals surface area (Å²) in [6, 6.07) is 7.75. The highest BCUT2D eigenvalue weighted by Crippen LogP contribution is 2.32. The fourth-order valence-corrected chi connectivity index (χ4v) is 2.74. The number of nitrogens with zero attached hydrogens (tertiary/aromatic N) is 2. The molecule has 1 aromatic rings. The molecule has 21 heavy (non-hydrogen) atoms. The lowest BCUT2D eigenvalue weighted by molar-refractivity contribution is 0.101. The van der Waals surface area contributed by atoms with Gasteiger partial charge in [-0.1, -0.05) is 30.8 Å². The Labute approximate surface area is 125 Å². The largest absolute Gasteiger partial charge is 0.348 e. The highest BCUT2D eigenvalue weighted by Gasteiger charge is 2.30. The van der Waals surface area contributed by atoms with E-state index >= 15 is 0 Å². The summed E-state index contributed by atoms with van der Waals surface area (Å²) in [5.41, 5.74) is 4.28. The molecule has 0 aromatic heterocycles. The molecule has 0 aliphatic heterocycles. The zero-order valence-corrected chi connectivity index (χ0v) is 12.6. The third kappa shape index (κ3) is 2.44. The van der Waals surface area contributed by atoms with Gasteiger partial charge in [0.15, 0.2) is 0 Å². The van der Waals surface area contributed by atoms with Crippen molar-refractivity contribution >= 4 is 11.5 Å². The van der Waals surface area contributed by atoms with Gasteiger partial charge in [-0.05, 0) is 31.9 Å². The van der Waals surface area contributed by atoms with Crippen LogP contribution in [0.5, 0.6) is 0 Å². The zero-order chi connectivity index (χ0) is 15.0. The summed E-state index contributed by atoms with van der Waals surface area (Å²) in [7, 11) is 1.86. The minimum atomic E-state index is 0.0517. The highest BCUT2D eigenvalue weighted by molar-refractivity contribution is 6.28. The number of rotatable bonds is 4. The predicted octanol–water partition coefficient (Wildman–Crippen LogP) is 3.43. The molecule has 2 aliphatic rings. The number of aliphatic imine (C=N–C) groups is 1. The van der Waals surface area contributed by atoms with Gasteiger partial charge in [-0.15, -0.1) is 0 Å². The summed E-state index contributed by atoms with van der Waals surface area (Å²) < 4.78 is 0. The molecule has 0 radical (unpaired) electrons.